The molecule has 16 heavy (non-hydrogen) atoms. The fourth-order valence-electron chi connectivity index (χ4n) is 1.35. The summed E-state index contributed by atoms with van der Waals surface area (Å²) < 4.78 is 0. The topological polar surface area (TPSA) is 86.7 Å². The molecule has 0 atom stereocenters. The summed E-state index contributed by atoms with van der Waals surface area (Å²) in [5.74, 6) is 0.343. The second-order valence-corrected chi connectivity index (χ2v) is 3.42. The van der Waals surface area contributed by atoms with E-state index < -0.39 is 0 Å². The molecule has 0 aliphatic rings. The number of aromatic nitrogens is 4. The van der Waals surface area contributed by atoms with Crippen LogP contribution in [-0.4, -0.2) is 26.0 Å². The molecule has 2 aromatic rings. The normalized spacial score (nSPS) is 10.3. The molecular formula is C10H11N5O. The molecule has 6 nitrogen and oxygen atoms in total. The van der Waals surface area contributed by atoms with Crippen LogP contribution in [0, 0.1) is 0 Å². The van der Waals surface area contributed by atoms with Gasteiger partial charge in [-0.1, -0.05) is 12.1 Å². The lowest BCUT2D eigenvalue weighted by molar-refractivity contribution is 0.0991. The van der Waals surface area contributed by atoms with E-state index in [2.05, 4.69) is 15.4 Å². The van der Waals surface area contributed by atoms with E-state index in [0.717, 1.165) is 0 Å². The number of Topliss-reactive ketones (excluding diaryl/α,β-unsaturated/α-hetero) is 1. The van der Waals surface area contributed by atoms with E-state index in [-0.39, 0.29) is 12.2 Å². The second-order valence-electron chi connectivity index (χ2n) is 3.42. The van der Waals surface area contributed by atoms with Crippen molar-refractivity contribution >= 4 is 11.5 Å². The Morgan fingerprint density at radius 2 is 2.31 bits per heavy atom. The molecule has 0 unspecified atom stereocenters. The first-order valence-electron chi connectivity index (χ1n) is 4.77. The smallest absolute Gasteiger partial charge is 0.182 e. The van der Waals surface area contributed by atoms with Gasteiger partial charge in [-0.05, 0) is 17.3 Å². The third kappa shape index (κ3) is 2.22. The third-order valence-electron chi connectivity index (χ3n) is 2.08. The highest BCUT2D eigenvalue weighted by Gasteiger charge is 2.10. The Morgan fingerprint density at radius 1 is 1.50 bits per heavy atom. The zero-order valence-corrected chi connectivity index (χ0v) is 8.79. The maximum atomic E-state index is 11.8. The number of benzene rings is 1. The van der Waals surface area contributed by atoms with Crippen molar-refractivity contribution in [2.75, 3.05) is 5.73 Å². The first-order valence-corrected chi connectivity index (χ1v) is 4.77. The Labute approximate surface area is 92.1 Å². The zero-order chi connectivity index (χ0) is 11.5. The van der Waals surface area contributed by atoms with Crippen LogP contribution >= 0.6 is 0 Å². The van der Waals surface area contributed by atoms with E-state index >= 15 is 0 Å². The van der Waals surface area contributed by atoms with Crippen LogP contribution in [0.4, 0.5) is 5.69 Å². The molecule has 0 saturated heterocycles. The van der Waals surface area contributed by atoms with Gasteiger partial charge in [0.15, 0.2) is 11.6 Å². The third-order valence-corrected chi connectivity index (χ3v) is 2.08. The Bertz CT molecular complexity index is 519. The summed E-state index contributed by atoms with van der Waals surface area (Å²) in [6, 6.07) is 6.83. The van der Waals surface area contributed by atoms with E-state index in [4.69, 9.17) is 5.73 Å². The minimum absolute atomic E-state index is 0.0692. The summed E-state index contributed by atoms with van der Waals surface area (Å²) >= 11 is 0. The van der Waals surface area contributed by atoms with Crippen molar-refractivity contribution in [3.63, 3.8) is 0 Å². The Morgan fingerprint density at radius 3 is 2.94 bits per heavy atom. The highest BCUT2D eigenvalue weighted by atomic mass is 16.1. The fourth-order valence-corrected chi connectivity index (χ4v) is 1.35. The molecule has 1 aromatic heterocycles. The van der Waals surface area contributed by atoms with Gasteiger partial charge in [-0.3, -0.25) is 4.79 Å². The standard InChI is InChI=1S/C10H11N5O/c1-15-13-10(12-14-15)6-9(16)7-3-2-4-8(11)5-7/h2-5H,6,11H2,1H3. The molecule has 0 aliphatic carbocycles. The van der Waals surface area contributed by atoms with Gasteiger partial charge in [0, 0.05) is 11.3 Å². The molecule has 0 saturated carbocycles. The Balaban J connectivity index is 2.14. The molecule has 0 amide bonds. The maximum Gasteiger partial charge on any atom is 0.182 e. The van der Waals surface area contributed by atoms with Gasteiger partial charge >= 0.3 is 0 Å². The molecule has 2 rings (SSSR count). The predicted octanol–water partition coefficient (Wildman–Crippen LogP) is 0.218. The Hall–Kier alpha value is -2.24. The van der Waals surface area contributed by atoms with E-state index in [9.17, 15) is 4.79 Å². The average Bonchev–Trinajstić information content (AvgIpc) is 2.64. The van der Waals surface area contributed by atoms with Crippen LogP contribution in [0.15, 0.2) is 24.3 Å². The summed E-state index contributed by atoms with van der Waals surface area (Å²) in [7, 11) is 1.65. The van der Waals surface area contributed by atoms with Gasteiger partial charge in [0.05, 0.1) is 13.5 Å². The number of tetrazole rings is 1. The lowest BCUT2D eigenvalue weighted by Gasteiger charge is -1.99. The molecule has 0 spiro atoms. The van der Waals surface area contributed by atoms with Crippen molar-refractivity contribution in [3.8, 4) is 0 Å². The molecule has 6 heteroatoms. The number of nitrogens with two attached hydrogens (primary N) is 1. The summed E-state index contributed by atoms with van der Waals surface area (Å²) in [6.07, 6.45) is 0.136. The summed E-state index contributed by atoms with van der Waals surface area (Å²) in [5, 5.41) is 11.4. The summed E-state index contributed by atoms with van der Waals surface area (Å²) in [6.45, 7) is 0. The van der Waals surface area contributed by atoms with Crippen LogP contribution < -0.4 is 5.73 Å². The van der Waals surface area contributed by atoms with Gasteiger partial charge in [0.1, 0.15) is 0 Å². The largest absolute Gasteiger partial charge is 0.399 e. The molecule has 1 aromatic carbocycles. The molecule has 82 valence electrons. The number of anilines is 1. The number of carbonyl (C=O) groups is 1. The minimum atomic E-state index is -0.0692. The molecular weight excluding hydrogens is 206 g/mol. The van der Waals surface area contributed by atoms with Crippen molar-refractivity contribution in [3.05, 3.63) is 35.7 Å². The molecule has 0 radical (unpaired) electrons. The average molecular weight is 217 g/mol. The van der Waals surface area contributed by atoms with Gasteiger partial charge in [-0.25, -0.2) is 0 Å². The quantitative estimate of drug-likeness (QED) is 0.587. The predicted molar refractivity (Wildman–Crippen MR) is 57.7 cm³/mol. The summed E-state index contributed by atoms with van der Waals surface area (Å²) in [5.41, 5.74) is 6.72. The van der Waals surface area contributed by atoms with Crippen LogP contribution in [0.25, 0.3) is 0 Å². The van der Waals surface area contributed by atoms with E-state index in [1.54, 1.807) is 31.3 Å². The molecule has 1 heterocycles. The van der Waals surface area contributed by atoms with Crippen molar-refractivity contribution in [2.45, 2.75) is 6.42 Å². The Kier molecular flexibility index (Phi) is 2.63. The van der Waals surface area contributed by atoms with E-state index in [1.807, 2.05) is 0 Å². The van der Waals surface area contributed by atoms with Crippen LogP contribution in [0.1, 0.15) is 16.2 Å². The minimum Gasteiger partial charge on any atom is -0.399 e. The lowest BCUT2D eigenvalue weighted by Crippen LogP contribution is -2.06. The molecule has 2 N–H and O–H groups in total. The molecule has 0 bridgehead atoms. The van der Waals surface area contributed by atoms with Gasteiger partial charge in [-0.2, -0.15) is 4.80 Å². The number of hydrogen-bond acceptors (Lipinski definition) is 5. The number of hydrogen-bond donors (Lipinski definition) is 1. The van der Waals surface area contributed by atoms with E-state index in [1.165, 1.54) is 4.80 Å². The van der Waals surface area contributed by atoms with Crippen LogP contribution in [0.2, 0.25) is 0 Å². The van der Waals surface area contributed by atoms with Gasteiger partial charge < -0.3 is 5.73 Å². The SMILES string of the molecule is Cn1nnc(CC(=O)c2cccc(N)c2)n1. The number of carbonyl (C=O) groups excluding carboxylic acids is 1. The van der Waals surface area contributed by atoms with Crippen molar-refractivity contribution in [2.24, 2.45) is 7.05 Å². The van der Waals surface area contributed by atoms with Gasteiger partial charge in [0.2, 0.25) is 0 Å². The second kappa shape index (κ2) is 4.09. The highest BCUT2D eigenvalue weighted by molar-refractivity contribution is 5.97. The van der Waals surface area contributed by atoms with Crippen LogP contribution in [0.5, 0.6) is 0 Å². The first-order chi connectivity index (χ1) is 7.65. The molecule has 0 aliphatic heterocycles. The molecule has 0 fully saturated rings. The fraction of sp³-hybridized carbons (Fsp3) is 0.200. The number of rotatable bonds is 3. The van der Waals surface area contributed by atoms with Gasteiger partial charge in [-0.15, -0.1) is 10.2 Å². The van der Waals surface area contributed by atoms with Crippen molar-refractivity contribution in [1.82, 2.24) is 20.2 Å². The lowest BCUT2D eigenvalue weighted by atomic mass is 10.1. The van der Waals surface area contributed by atoms with Crippen molar-refractivity contribution < 1.29 is 4.79 Å². The highest BCUT2D eigenvalue weighted by Crippen LogP contribution is 2.08. The maximum absolute atomic E-state index is 11.8. The first kappa shape index (κ1) is 10.3. The number of ketones is 1. The number of nitrogen functional groups attached to an aromatic ring is 1. The van der Waals surface area contributed by atoms with Crippen molar-refractivity contribution in [1.29, 1.82) is 0 Å². The number of aryl methyl sites for hydroxylation is 1. The zero-order valence-electron chi connectivity index (χ0n) is 8.79. The van der Waals surface area contributed by atoms with E-state index in [0.29, 0.717) is 17.1 Å². The van der Waals surface area contributed by atoms with Crippen LogP contribution in [0.3, 0.4) is 0 Å². The van der Waals surface area contributed by atoms with Crippen LogP contribution in [-0.2, 0) is 13.5 Å². The van der Waals surface area contributed by atoms with Gasteiger partial charge in [0.25, 0.3) is 0 Å². The number of nitrogens with zero attached hydrogens (tertiary/aromatic N) is 4. The monoisotopic (exact) mass is 217 g/mol. The summed E-state index contributed by atoms with van der Waals surface area (Å²) in [4.78, 5) is 13.1.